The van der Waals surface area contributed by atoms with E-state index in [0.29, 0.717) is 0 Å². The molecule has 0 aliphatic heterocycles. The summed E-state index contributed by atoms with van der Waals surface area (Å²) in [6, 6.07) is 0. The molecule has 0 N–H and O–H groups in total. The van der Waals surface area contributed by atoms with Gasteiger partial charge in [0.2, 0.25) is 0 Å². The molecule has 0 atom stereocenters. The first-order valence-electron chi connectivity index (χ1n) is 4.63. The van der Waals surface area contributed by atoms with Gasteiger partial charge >= 0.3 is 5.97 Å². The molecule has 0 aromatic heterocycles. The van der Waals surface area contributed by atoms with E-state index in [1.807, 2.05) is 20.8 Å². The predicted octanol–water partition coefficient (Wildman–Crippen LogP) is 2.58. The Morgan fingerprint density at radius 1 is 1.25 bits per heavy atom. The molecular formula is C10H19O2. The third kappa shape index (κ3) is 2.23. The van der Waals surface area contributed by atoms with Crippen LogP contribution in [-0.4, -0.2) is 12.6 Å². The van der Waals surface area contributed by atoms with E-state index in [1.165, 1.54) is 0 Å². The Kier molecular flexibility index (Phi) is 4.95. The molecule has 0 fully saturated rings. The molecular weight excluding hydrogens is 152 g/mol. The first-order valence-corrected chi connectivity index (χ1v) is 4.63. The Bertz CT molecular complexity index is 129. The maximum absolute atomic E-state index is 11.5. The maximum Gasteiger partial charge on any atom is 0.312 e. The fraction of sp³-hybridized carbons (Fsp3) is 0.800. The molecule has 0 aliphatic carbocycles. The average molecular weight is 171 g/mol. The summed E-state index contributed by atoms with van der Waals surface area (Å²) in [5, 5.41) is 0. The van der Waals surface area contributed by atoms with E-state index in [-0.39, 0.29) is 18.0 Å². The van der Waals surface area contributed by atoms with E-state index in [1.54, 1.807) is 0 Å². The molecule has 12 heavy (non-hydrogen) atoms. The van der Waals surface area contributed by atoms with Gasteiger partial charge in [0.15, 0.2) is 0 Å². The van der Waals surface area contributed by atoms with Crippen LogP contribution in [0.25, 0.3) is 0 Å². The van der Waals surface area contributed by atoms with Crippen molar-refractivity contribution in [2.75, 3.05) is 6.61 Å². The summed E-state index contributed by atoms with van der Waals surface area (Å²) in [6.07, 6.45) is 2.54. The Hall–Kier alpha value is -0.530. The maximum atomic E-state index is 11.5. The van der Waals surface area contributed by atoms with Crippen LogP contribution in [0, 0.1) is 12.3 Å². The van der Waals surface area contributed by atoms with Crippen molar-refractivity contribution in [3.63, 3.8) is 0 Å². The highest BCUT2D eigenvalue weighted by Crippen LogP contribution is 2.31. The highest BCUT2D eigenvalue weighted by atomic mass is 16.5. The number of carbonyl (C=O) groups excluding carboxylic acids is 1. The van der Waals surface area contributed by atoms with Crippen LogP contribution in [0.4, 0.5) is 0 Å². The van der Waals surface area contributed by atoms with Crippen LogP contribution in [0.2, 0.25) is 0 Å². The molecule has 0 saturated carbocycles. The molecule has 0 heterocycles. The number of rotatable bonds is 5. The topological polar surface area (TPSA) is 26.3 Å². The normalized spacial score (nSPS) is 11.3. The van der Waals surface area contributed by atoms with Gasteiger partial charge in [-0.3, -0.25) is 4.79 Å². The largest absolute Gasteiger partial charge is 0.465 e. The van der Waals surface area contributed by atoms with Gasteiger partial charge < -0.3 is 4.74 Å². The lowest BCUT2D eigenvalue weighted by atomic mass is 9.80. The summed E-state index contributed by atoms with van der Waals surface area (Å²) in [6.45, 7) is 9.81. The standard InChI is InChI=1S/C10H19O2/c1-5-10(6-2,7-3)9(11)12-8-4/h4-8H2,1-3H3. The highest BCUT2D eigenvalue weighted by Gasteiger charge is 2.33. The van der Waals surface area contributed by atoms with E-state index < -0.39 is 0 Å². The summed E-state index contributed by atoms with van der Waals surface area (Å²) in [4.78, 5) is 11.5. The molecule has 0 bridgehead atoms. The van der Waals surface area contributed by atoms with Crippen LogP contribution < -0.4 is 0 Å². The molecule has 0 unspecified atom stereocenters. The van der Waals surface area contributed by atoms with Gasteiger partial charge in [-0.1, -0.05) is 20.8 Å². The molecule has 0 aromatic carbocycles. The minimum absolute atomic E-state index is 0.0926. The second kappa shape index (κ2) is 5.18. The summed E-state index contributed by atoms with van der Waals surface area (Å²) < 4.78 is 4.93. The van der Waals surface area contributed by atoms with Gasteiger partial charge in [0.05, 0.1) is 12.0 Å². The van der Waals surface area contributed by atoms with Gasteiger partial charge in [0, 0.05) is 0 Å². The zero-order valence-corrected chi connectivity index (χ0v) is 8.35. The molecule has 2 heteroatoms. The average Bonchev–Trinajstić information content (AvgIpc) is 2.09. The molecule has 2 nitrogen and oxygen atoms in total. The van der Waals surface area contributed by atoms with Gasteiger partial charge in [-0.15, -0.1) is 0 Å². The lowest BCUT2D eigenvalue weighted by Crippen LogP contribution is -2.31. The summed E-state index contributed by atoms with van der Waals surface area (Å²) in [5.74, 6) is -0.0926. The highest BCUT2D eigenvalue weighted by molar-refractivity contribution is 5.76. The summed E-state index contributed by atoms with van der Waals surface area (Å²) in [7, 11) is 0. The smallest absolute Gasteiger partial charge is 0.312 e. The van der Waals surface area contributed by atoms with Crippen LogP contribution in [0.15, 0.2) is 0 Å². The lowest BCUT2D eigenvalue weighted by Gasteiger charge is -2.27. The molecule has 0 amide bonds. The zero-order chi connectivity index (χ0) is 9.61. The quantitative estimate of drug-likeness (QED) is 0.594. The molecule has 0 spiro atoms. The molecule has 1 radical (unpaired) electrons. The second-order valence-corrected chi connectivity index (χ2v) is 2.98. The van der Waals surface area contributed by atoms with Crippen molar-refractivity contribution >= 4 is 5.97 Å². The number of hydrogen-bond acceptors (Lipinski definition) is 2. The Morgan fingerprint density at radius 3 is 1.92 bits per heavy atom. The lowest BCUT2D eigenvalue weighted by molar-refractivity contribution is -0.155. The van der Waals surface area contributed by atoms with E-state index in [4.69, 9.17) is 4.74 Å². The van der Waals surface area contributed by atoms with Crippen LogP contribution in [-0.2, 0) is 9.53 Å². The zero-order valence-electron chi connectivity index (χ0n) is 8.35. The SMILES string of the molecule is [CH2]COC(=O)C(CC)(CC)CC. The van der Waals surface area contributed by atoms with Crippen molar-refractivity contribution in [2.24, 2.45) is 5.41 Å². The minimum Gasteiger partial charge on any atom is -0.465 e. The van der Waals surface area contributed by atoms with Crippen molar-refractivity contribution in [2.45, 2.75) is 40.0 Å². The number of esters is 1. The molecule has 0 aliphatic rings. The van der Waals surface area contributed by atoms with Crippen molar-refractivity contribution in [1.82, 2.24) is 0 Å². The van der Waals surface area contributed by atoms with E-state index >= 15 is 0 Å². The first-order chi connectivity index (χ1) is 5.66. The minimum atomic E-state index is -0.266. The van der Waals surface area contributed by atoms with Crippen molar-refractivity contribution < 1.29 is 9.53 Å². The third-order valence-corrected chi connectivity index (χ3v) is 2.70. The van der Waals surface area contributed by atoms with Crippen molar-refractivity contribution in [1.29, 1.82) is 0 Å². The van der Waals surface area contributed by atoms with Gasteiger partial charge in [-0.05, 0) is 26.2 Å². The Labute approximate surface area is 75.3 Å². The fourth-order valence-electron chi connectivity index (χ4n) is 1.43. The summed E-state index contributed by atoms with van der Waals surface area (Å²) >= 11 is 0. The molecule has 0 aromatic rings. The van der Waals surface area contributed by atoms with Crippen LogP contribution >= 0.6 is 0 Å². The first kappa shape index (κ1) is 11.5. The Balaban J connectivity index is 4.36. The third-order valence-electron chi connectivity index (χ3n) is 2.70. The van der Waals surface area contributed by atoms with Gasteiger partial charge in [-0.2, -0.15) is 0 Å². The van der Waals surface area contributed by atoms with Crippen LogP contribution in [0.3, 0.4) is 0 Å². The number of hydrogen-bond donors (Lipinski definition) is 0. The van der Waals surface area contributed by atoms with Gasteiger partial charge in [-0.25, -0.2) is 0 Å². The van der Waals surface area contributed by atoms with Crippen LogP contribution in [0.1, 0.15) is 40.0 Å². The fourth-order valence-corrected chi connectivity index (χ4v) is 1.43. The monoisotopic (exact) mass is 171 g/mol. The molecule has 0 saturated heterocycles. The van der Waals surface area contributed by atoms with Crippen LogP contribution in [0.5, 0.6) is 0 Å². The number of carbonyl (C=O) groups is 1. The van der Waals surface area contributed by atoms with Gasteiger partial charge in [0.1, 0.15) is 0 Å². The Morgan fingerprint density at radius 2 is 1.67 bits per heavy atom. The van der Waals surface area contributed by atoms with Gasteiger partial charge in [0.25, 0.3) is 0 Å². The van der Waals surface area contributed by atoms with Crippen molar-refractivity contribution in [3.05, 3.63) is 6.92 Å². The summed E-state index contributed by atoms with van der Waals surface area (Å²) in [5.41, 5.74) is -0.266. The molecule has 0 rings (SSSR count). The van der Waals surface area contributed by atoms with Crippen molar-refractivity contribution in [3.8, 4) is 0 Å². The molecule has 71 valence electrons. The van der Waals surface area contributed by atoms with E-state index in [9.17, 15) is 4.79 Å². The van der Waals surface area contributed by atoms with E-state index in [0.717, 1.165) is 19.3 Å². The van der Waals surface area contributed by atoms with E-state index in [2.05, 4.69) is 6.92 Å². The predicted molar refractivity (Wildman–Crippen MR) is 49.6 cm³/mol. The number of ether oxygens (including phenoxy) is 1. The second-order valence-electron chi connectivity index (χ2n) is 2.98.